The Hall–Kier alpha value is -0.480. The quantitative estimate of drug-likeness (QED) is 0.599. The van der Waals surface area contributed by atoms with Crippen molar-refractivity contribution in [1.82, 2.24) is 0 Å². The van der Waals surface area contributed by atoms with E-state index in [1.165, 1.54) is 36.8 Å². The lowest BCUT2D eigenvalue weighted by Gasteiger charge is -2.40. The number of hydrogen-bond donors (Lipinski definition) is 2. The van der Waals surface area contributed by atoms with Gasteiger partial charge in [-0.05, 0) is 36.5 Å². The Morgan fingerprint density at radius 1 is 1.18 bits per heavy atom. The summed E-state index contributed by atoms with van der Waals surface area (Å²) < 4.78 is 5.49. The molecular formula is C17H30Cl2N2O. The molecule has 4 N–H and O–H groups in total. The standard InChI is InChI=1S/C17H28N2O.2ClH/c1-3-4-5-6-9-15-13-8-7-10-16(20-2)14(13)11-12-17(15,18)19;;/h7-8,10,15H,3-6,9,11-12,18-19H2,1-2H3;2*1H. The molecule has 0 saturated carbocycles. The van der Waals surface area contributed by atoms with Gasteiger partial charge in [-0.15, -0.1) is 24.8 Å². The summed E-state index contributed by atoms with van der Waals surface area (Å²) in [4.78, 5) is 0. The van der Waals surface area contributed by atoms with Crippen LogP contribution in [-0.2, 0) is 6.42 Å². The van der Waals surface area contributed by atoms with Crippen LogP contribution in [0.25, 0.3) is 0 Å². The largest absolute Gasteiger partial charge is 0.496 e. The molecule has 0 aliphatic heterocycles. The van der Waals surface area contributed by atoms with Crippen LogP contribution in [0.5, 0.6) is 5.75 Å². The van der Waals surface area contributed by atoms with Crippen LogP contribution in [0.4, 0.5) is 0 Å². The van der Waals surface area contributed by atoms with Crippen molar-refractivity contribution in [1.29, 1.82) is 0 Å². The second kappa shape index (κ2) is 9.61. The van der Waals surface area contributed by atoms with E-state index in [1.54, 1.807) is 7.11 Å². The maximum absolute atomic E-state index is 6.38. The highest BCUT2D eigenvalue weighted by molar-refractivity contribution is 5.85. The molecule has 0 aromatic heterocycles. The molecule has 0 spiro atoms. The van der Waals surface area contributed by atoms with E-state index < -0.39 is 5.66 Å². The summed E-state index contributed by atoms with van der Waals surface area (Å²) in [6, 6.07) is 6.26. The third kappa shape index (κ3) is 4.76. The lowest BCUT2D eigenvalue weighted by molar-refractivity contribution is 0.287. The van der Waals surface area contributed by atoms with Crippen LogP contribution in [0, 0.1) is 0 Å². The van der Waals surface area contributed by atoms with Crippen molar-refractivity contribution in [2.75, 3.05) is 7.11 Å². The maximum Gasteiger partial charge on any atom is 0.122 e. The summed E-state index contributed by atoms with van der Waals surface area (Å²) >= 11 is 0. The van der Waals surface area contributed by atoms with E-state index in [9.17, 15) is 0 Å². The van der Waals surface area contributed by atoms with E-state index >= 15 is 0 Å². The van der Waals surface area contributed by atoms with Gasteiger partial charge in [0.15, 0.2) is 0 Å². The number of ether oxygens (including phenoxy) is 1. The highest BCUT2D eigenvalue weighted by Gasteiger charge is 2.37. The van der Waals surface area contributed by atoms with Crippen LogP contribution in [-0.4, -0.2) is 12.8 Å². The molecule has 0 heterocycles. The van der Waals surface area contributed by atoms with Gasteiger partial charge in [0.05, 0.1) is 12.8 Å². The average Bonchev–Trinajstić information content (AvgIpc) is 2.44. The van der Waals surface area contributed by atoms with Crippen molar-refractivity contribution >= 4 is 24.8 Å². The number of rotatable bonds is 6. The first-order chi connectivity index (χ1) is 9.60. The monoisotopic (exact) mass is 348 g/mol. The molecule has 128 valence electrons. The van der Waals surface area contributed by atoms with E-state index in [-0.39, 0.29) is 30.7 Å². The fourth-order valence-corrected chi connectivity index (χ4v) is 3.37. The lowest BCUT2D eigenvalue weighted by Crippen LogP contribution is -2.56. The first kappa shape index (κ1) is 21.5. The smallest absolute Gasteiger partial charge is 0.122 e. The summed E-state index contributed by atoms with van der Waals surface area (Å²) in [6.07, 6.45) is 7.84. The third-order valence-corrected chi connectivity index (χ3v) is 4.57. The lowest BCUT2D eigenvalue weighted by atomic mass is 9.73. The Bertz CT molecular complexity index is 452. The Balaban J connectivity index is 0.00000220. The molecule has 0 radical (unpaired) electrons. The van der Waals surface area contributed by atoms with Crippen LogP contribution in [0.15, 0.2) is 18.2 Å². The Morgan fingerprint density at radius 2 is 1.91 bits per heavy atom. The van der Waals surface area contributed by atoms with Crippen LogP contribution in [0.2, 0.25) is 0 Å². The molecule has 22 heavy (non-hydrogen) atoms. The van der Waals surface area contributed by atoms with Gasteiger partial charge in [0, 0.05) is 5.92 Å². The van der Waals surface area contributed by atoms with Crippen LogP contribution < -0.4 is 16.2 Å². The van der Waals surface area contributed by atoms with Crippen molar-refractivity contribution < 1.29 is 4.74 Å². The number of hydrogen-bond acceptors (Lipinski definition) is 3. The molecule has 1 aliphatic rings. The number of nitrogens with two attached hydrogens (primary N) is 2. The Labute approximate surface area is 147 Å². The first-order valence-corrected chi connectivity index (χ1v) is 7.83. The highest BCUT2D eigenvalue weighted by Crippen LogP contribution is 2.41. The molecule has 1 aromatic rings. The molecule has 2 rings (SSSR count). The van der Waals surface area contributed by atoms with Gasteiger partial charge in [0.2, 0.25) is 0 Å². The van der Waals surface area contributed by atoms with Crippen molar-refractivity contribution in [2.45, 2.75) is 63.5 Å². The predicted octanol–water partition coefficient (Wildman–Crippen LogP) is 4.15. The Kier molecular flexibility index (Phi) is 9.40. The molecule has 1 aromatic carbocycles. The predicted molar refractivity (Wildman–Crippen MR) is 98.4 cm³/mol. The summed E-state index contributed by atoms with van der Waals surface area (Å²) in [5.74, 6) is 1.23. The summed E-state index contributed by atoms with van der Waals surface area (Å²) in [6.45, 7) is 2.23. The van der Waals surface area contributed by atoms with Gasteiger partial charge in [-0.3, -0.25) is 0 Å². The van der Waals surface area contributed by atoms with Crippen LogP contribution >= 0.6 is 24.8 Å². The average molecular weight is 349 g/mol. The molecular weight excluding hydrogens is 319 g/mol. The maximum atomic E-state index is 6.38. The van der Waals surface area contributed by atoms with Gasteiger partial charge >= 0.3 is 0 Å². The number of fused-ring (bicyclic) bond motifs is 1. The topological polar surface area (TPSA) is 61.3 Å². The van der Waals surface area contributed by atoms with E-state index in [1.807, 2.05) is 6.07 Å². The van der Waals surface area contributed by atoms with Gasteiger partial charge < -0.3 is 16.2 Å². The summed E-state index contributed by atoms with van der Waals surface area (Å²) in [7, 11) is 1.73. The van der Waals surface area contributed by atoms with Gasteiger partial charge in [-0.25, -0.2) is 0 Å². The Morgan fingerprint density at radius 3 is 2.55 bits per heavy atom. The van der Waals surface area contributed by atoms with Crippen LogP contribution in [0.1, 0.15) is 62.5 Å². The SMILES string of the molecule is CCCCCCC1c2cccc(OC)c2CCC1(N)N.Cl.Cl. The molecule has 0 amide bonds. The zero-order chi connectivity index (χ0) is 14.6. The van der Waals surface area contributed by atoms with E-state index in [0.29, 0.717) is 0 Å². The van der Waals surface area contributed by atoms with E-state index in [0.717, 1.165) is 25.0 Å². The fourth-order valence-electron chi connectivity index (χ4n) is 3.37. The second-order valence-corrected chi connectivity index (χ2v) is 6.04. The molecule has 0 bridgehead atoms. The number of halogens is 2. The van der Waals surface area contributed by atoms with E-state index in [4.69, 9.17) is 16.2 Å². The van der Waals surface area contributed by atoms with E-state index in [2.05, 4.69) is 19.1 Å². The van der Waals surface area contributed by atoms with Gasteiger partial charge in [0.25, 0.3) is 0 Å². The third-order valence-electron chi connectivity index (χ3n) is 4.57. The molecule has 5 heteroatoms. The minimum absolute atomic E-state index is 0. The zero-order valence-corrected chi connectivity index (χ0v) is 15.3. The molecule has 1 unspecified atom stereocenters. The normalized spacial score (nSPS) is 18.6. The molecule has 0 fully saturated rings. The van der Waals surface area contributed by atoms with Gasteiger partial charge in [0.1, 0.15) is 5.75 Å². The second-order valence-electron chi connectivity index (χ2n) is 6.04. The highest BCUT2D eigenvalue weighted by atomic mass is 35.5. The van der Waals surface area contributed by atoms with Crippen molar-refractivity contribution in [3.63, 3.8) is 0 Å². The number of unbranched alkanes of at least 4 members (excludes halogenated alkanes) is 3. The van der Waals surface area contributed by atoms with Crippen molar-refractivity contribution in [3.05, 3.63) is 29.3 Å². The fraction of sp³-hybridized carbons (Fsp3) is 0.647. The number of benzene rings is 1. The van der Waals surface area contributed by atoms with Gasteiger partial charge in [-0.1, -0.05) is 44.7 Å². The molecule has 3 nitrogen and oxygen atoms in total. The molecule has 1 atom stereocenters. The first-order valence-electron chi connectivity index (χ1n) is 7.83. The minimum Gasteiger partial charge on any atom is -0.496 e. The van der Waals surface area contributed by atoms with Crippen molar-refractivity contribution in [2.24, 2.45) is 11.5 Å². The minimum atomic E-state index is -0.578. The molecule has 1 aliphatic carbocycles. The molecule has 0 saturated heterocycles. The summed E-state index contributed by atoms with van der Waals surface area (Å²) in [5, 5.41) is 0. The van der Waals surface area contributed by atoms with Crippen molar-refractivity contribution in [3.8, 4) is 5.75 Å². The zero-order valence-electron chi connectivity index (χ0n) is 13.6. The van der Waals surface area contributed by atoms with Crippen LogP contribution in [0.3, 0.4) is 0 Å². The summed E-state index contributed by atoms with van der Waals surface area (Å²) in [5.41, 5.74) is 14.8. The van der Waals surface area contributed by atoms with Gasteiger partial charge in [-0.2, -0.15) is 0 Å². The number of methoxy groups -OCH3 is 1.